The summed E-state index contributed by atoms with van der Waals surface area (Å²) in [6.45, 7) is 3.14. The number of benzene rings is 1. The zero-order chi connectivity index (χ0) is 16.9. The molecule has 1 atom stereocenters. The van der Waals surface area contributed by atoms with E-state index in [-0.39, 0.29) is 0 Å². The monoisotopic (exact) mass is 390 g/mol. The lowest BCUT2D eigenvalue weighted by Crippen LogP contribution is -2.46. The van der Waals surface area contributed by atoms with Gasteiger partial charge in [-0.25, -0.2) is 4.98 Å². The Labute approximate surface area is 151 Å². The maximum Gasteiger partial charge on any atom is 0.228 e. The summed E-state index contributed by atoms with van der Waals surface area (Å²) in [5.41, 5.74) is 1.35. The van der Waals surface area contributed by atoms with Gasteiger partial charge < -0.3 is 9.64 Å². The Balaban J connectivity index is 1.64. The van der Waals surface area contributed by atoms with E-state index in [0.29, 0.717) is 11.9 Å². The van der Waals surface area contributed by atoms with E-state index in [1.807, 2.05) is 0 Å². The smallest absolute Gasteiger partial charge is 0.228 e. The van der Waals surface area contributed by atoms with E-state index >= 15 is 0 Å². The van der Waals surface area contributed by atoms with Crippen LogP contribution in [0.4, 0.5) is 5.95 Å². The van der Waals surface area contributed by atoms with Gasteiger partial charge in [0.2, 0.25) is 11.8 Å². The predicted octanol–water partition coefficient (Wildman–Crippen LogP) is 3.35. The molecule has 1 aromatic heterocycles. The molecule has 1 unspecified atom stereocenters. The maximum absolute atomic E-state index is 5.21. The first-order valence-electron chi connectivity index (χ1n) is 8.22. The summed E-state index contributed by atoms with van der Waals surface area (Å²) in [5, 5.41) is 0. The van der Waals surface area contributed by atoms with Gasteiger partial charge in [-0.15, -0.1) is 0 Å². The number of halogens is 1. The van der Waals surface area contributed by atoms with Crippen molar-refractivity contribution in [1.82, 2.24) is 14.9 Å². The van der Waals surface area contributed by atoms with Crippen LogP contribution in [0.5, 0.6) is 5.88 Å². The Morgan fingerprint density at radius 1 is 1.29 bits per heavy atom. The Morgan fingerprint density at radius 3 is 2.83 bits per heavy atom. The van der Waals surface area contributed by atoms with Crippen LogP contribution >= 0.6 is 15.9 Å². The molecule has 1 aliphatic heterocycles. The molecule has 1 saturated heterocycles. The van der Waals surface area contributed by atoms with E-state index < -0.39 is 0 Å². The Bertz CT molecular complexity index is 664. The van der Waals surface area contributed by atoms with Crippen LogP contribution in [-0.2, 0) is 6.54 Å². The summed E-state index contributed by atoms with van der Waals surface area (Å²) in [7, 11) is 3.70. The third kappa shape index (κ3) is 4.24. The SMILES string of the molecule is COc1ccnc(N(C)C2CCCN(Cc3ccc(Br)cc3)C2)n1. The fraction of sp³-hybridized carbons (Fsp3) is 0.444. The van der Waals surface area contributed by atoms with Crippen molar-refractivity contribution in [2.24, 2.45) is 0 Å². The summed E-state index contributed by atoms with van der Waals surface area (Å²) in [5.74, 6) is 1.33. The molecule has 2 aromatic rings. The van der Waals surface area contributed by atoms with E-state index in [9.17, 15) is 0 Å². The quantitative estimate of drug-likeness (QED) is 0.782. The summed E-state index contributed by atoms with van der Waals surface area (Å²) in [4.78, 5) is 13.5. The summed E-state index contributed by atoms with van der Waals surface area (Å²) in [6.07, 6.45) is 4.10. The van der Waals surface area contributed by atoms with Crippen molar-refractivity contribution in [3.8, 4) is 5.88 Å². The number of likely N-dealkylation sites (N-methyl/N-ethyl adjacent to an activating group) is 1. The molecule has 2 heterocycles. The van der Waals surface area contributed by atoms with Crippen LogP contribution in [0.2, 0.25) is 0 Å². The summed E-state index contributed by atoms with van der Waals surface area (Å²) < 4.78 is 6.33. The number of methoxy groups -OCH3 is 1. The van der Waals surface area contributed by atoms with E-state index in [2.05, 4.69) is 67.0 Å². The molecule has 0 N–H and O–H groups in total. The van der Waals surface area contributed by atoms with Gasteiger partial charge in [-0.1, -0.05) is 28.1 Å². The van der Waals surface area contributed by atoms with Gasteiger partial charge in [0.1, 0.15) is 0 Å². The highest BCUT2D eigenvalue weighted by atomic mass is 79.9. The highest BCUT2D eigenvalue weighted by Gasteiger charge is 2.25. The zero-order valence-corrected chi connectivity index (χ0v) is 15.7. The molecule has 0 aliphatic carbocycles. The molecule has 0 radical (unpaired) electrons. The minimum Gasteiger partial charge on any atom is -0.481 e. The maximum atomic E-state index is 5.21. The summed E-state index contributed by atoms with van der Waals surface area (Å²) in [6, 6.07) is 10.8. The van der Waals surface area contributed by atoms with Crippen LogP contribution in [0, 0.1) is 0 Å². The standard InChI is InChI=1S/C18H23BrN4O/c1-22(18-20-10-9-17(21-18)24-2)16-4-3-11-23(13-16)12-14-5-7-15(19)8-6-14/h5-10,16H,3-4,11-13H2,1-2H3. The number of aromatic nitrogens is 2. The van der Waals surface area contributed by atoms with Crippen LogP contribution in [0.25, 0.3) is 0 Å². The number of likely N-dealkylation sites (tertiary alicyclic amines) is 1. The van der Waals surface area contributed by atoms with Crippen LogP contribution in [0.3, 0.4) is 0 Å². The number of rotatable bonds is 5. The molecule has 0 bridgehead atoms. The van der Waals surface area contributed by atoms with Crippen molar-refractivity contribution < 1.29 is 4.74 Å². The van der Waals surface area contributed by atoms with Gasteiger partial charge in [0.15, 0.2) is 0 Å². The number of ether oxygens (including phenoxy) is 1. The molecule has 0 spiro atoms. The van der Waals surface area contributed by atoms with Crippen LogP contribution in [0.1, 0.15) is 18.4 Å². The van der Waals surface area contributed by atoms with Gasteiger partial charge in [0, 0.05) is 42.9 Å². The lowest BCUT2D eigenvalue weighted by Gasteiger charge is -2.37. The molecule has 5 nitrogen and oxygen atoms in total. The van der Waals surface area contributed by atoms with Crippen LogP contribution in [0.15, 0.2) is 41.0 Å². The largest absolute Gasteiger partial charge is 0.481 e. The van der Waals surface area contributed by atoms with Crippen LogP contribution < -0.4 is 9.64 Å². The van der Waals surface area contributed by atoms with E-state index in [0.717, 1.165) is 36.5 Å². The number of piperidine rings is 1. The Hall–Kier alpha value is -1.66. The molecule has 24 heavy (non-hydrogen) atoms. The first-order valence-corrected chi connectivity index (χ1v) is 9.01. The van der Waals surface area contributed by atoms with Crippen molar-refractivity contribution in [2.45, 2.75) is 25.4 Å². The van der Waals surface area contributed by atoms with Gasteiger partial charge in [-0.3, -0.25) is 4.90 Å². The van der Waals surface area contributed by atoms with Crippen molar-refractivity contribution >= 4 is 21.9 Å². The third-order valence-electron chi connectivity index (χ3n) is 4.49. The minimum atomic E-state index is 0.418. The second-order valence-electron chi connectivity index (χ2n) is 6.17. The van der Waals surface area contributed by atoms with Gasteiger partial charge >= 0.3 is 0 Å². The van der Waals surface area contributed by atoms with Crippen molar-refractivity contribution in [3.63, 3.8) is 0 Å². The first kappa shape index (κ1) is 17.2. The second-order valence-corrected chi connectivity index (χ2v) is 7.08. The zero-order valence-electron chi connectivity index (χ0n) is 14.2. The normalized spacial score (nSPS) is 18.4. The van der Waals surface area contributed by atoms with Crippen molar-refractivity contribution in [2.75, 3.05) is 32.1 Å². The Kier molecular flexibility index (Phi) is 5.68. The molecule has 0 saturated carbocycles. The van der Waals surface area contributed by atoms with E-state index in [1.165, 1.54) is 12.0 Å². The number of hydrogen-bond donors (Lipinski definition) is 0. The van der Waals surface area contributed by atoms with Gasteiger partial charge in [-0.05, 0) is 37.1 Å². The second kappa shape index (κ2) is 7.94. The molecule has 6 heteroatoms. The highest BCUT2D eigenvalue weighted by molar-refractivity contribution is 9.10. The lowest BCUT2D eigenvalue weighted by atomic mass is 10.0. The van der Waals surface area contributed by atoms with E-state index in [1.54, 1.807) is 19.4 Å². The number of anilines is 1. The summed E-state index contributed by atoms with van der Waals surface area (Å²) >= 11 is 3.49. The molecule has 1 aliphatic rings. The average Bonchev–Trinajstić information content (AvgIpc) is 2.63. The fourth-order valence-electron chi connectivity index (χ4n) is 3.12. The molecule has 3 rings (SSSR count). The third-order valence-corrected chi connectivity index (χ3v) is 5.02. The molecular formula is C18H23BrN4O. The molecule has 128 valence electrons. The van der Waals surface area contributed by atoms with Crippen LogP contribution in [-0.4, -0.2) is 48.2 Å². The van der Waals surface area contributed by atoms with Gasteiger partial charge in [0.25, 0.3) is 0 Å². The predicted molar refractivity (Wildman–Crippen MR) is 99.4 cm³/mol. The average molecular weight is 391 g/mol. The Morgan fingerprint density at radius 2 is 2.08 bits per heavy atom. The molecule has 0 amide bonds. The van der Waals surface area contributed by atoms with E-state index in [4.69, 9.17) is 4.74 Å². The van der Waals surface area contributed by atoms with Crippen molar-refractivity contribution in [3.05, 3.63) is 46.6 Å². The molecular weight excluding hydrogens is 368 g/mol. The lowest BCUT2D eigenvalue weighted by molar-refractivity contribution is 0.198. The molecule has 1 fully saturated rings. The van der Waals surface area contributed by atoms with Gasteiger partial charge in [0.05, 0.1) is 7.11 Å². The first-order chi connectivity index (χ1) is 11.7. The topological polar surface area (TPSA) is 41.5 Å². The molecule has 1 aromatic carbocycles. The minimum absolute atomic E-state index is 0.418. The fourth-order valence-corrected chi connectivity index (χ4v) is 3.38. The number of nitrogens with zero attached hydrogens (tertiary/aromatic N) is 4. The van der Waals surface area contributed by atoms with Gasteiger partial charge in [-0.2, -0.15) is 4.98 Å². The number of hydrogen-bond acceptors (Lipinski definition) is 5. The van der Waals surface area contributed by atoms with Crippen molar-refractivity contribution in [1.29, 1.82) is 0 Å². The highest BCUT2D eigenvalue weighted by Crippen LogP contribution is 2.21.